The molecule has 0 aliphatic rings. The van der Waals surface area contributed by atoms with Crippen LogP contribution in [0.2, 0.25) is 0 Å². The molecule has 0 aliphatic carbocycles. The number of H-pyrrole nitrogens is 1. The minimum atomic E-state index is -0.852. The van der Waals surface area contributed by atoms with Gasteiger partial charge in [0.2, 0.25) is 0 Å². The summed E-state index contributed by atoms with van der Waals surface area (Å²) >= 11 is 3.19. The van der Waals surface area contributed by atoms with Gasteiger partial charge in [0.15, 0.2) is 0 Å². The van der Waals surface area contributed by atoms with Gasteiger partial charge in [-0.25, -0.2) is 4.98 Å². The van der Waals surface area contributed by atoms with E-state index in [2.05, 4.69) is 9.97 Å². The van der Waals surface area contributed by atoms with Crippen molar-refractivity contribution >= 4 is 40.3 Å². The Labute approximate surface area is 104 Å². The second kappa shape index (κ2) is 5.50. The second-order valence-electron chi connectivity index (χ2n) is 2.88. The maximum absolute atomic E-state index is 11.2. The van der Waals surface area contributed by atoms with E-state index in [0.717, 1.165) is 0 Å². The van der Waals surface area contributed by atoms with Gasteiger partial charge in [-0.3, -0.25) is 9.59 Å². The van der Waals surface area contributed by atoms with Crippen molar-refractivity contribution in [3.8, 4) is 0 Å². The largest absolute Gasteiger partial charge is 0.481 e. The lowest BCUT2D eigenvalue weighted by molar-refractivity contribution is -0.136. The summed E-state index contributed by atoms with van der Waals surface area (Å²) in [4.78, 5) is 28.1. The predicted molar refractivity (Wildman–Crippen MR) is 65.1 cm³/mol. The first-order valence-electron chi connectivity index (χ1n) is 4.12. The van der Waals surface area contributed by atoms with Gasteiger partial charge < -0.3 is 10.1 Å². The summed E-state index contributed by atoms with van der Waals surface area (Å²) in [6.07, 6.45) is 1.37. The van der Waals surface area contributed by atoms with Crippen LogP contribution in [-0.2, 0) is 4.79 Å². The lowest BCUT2D eigenvalue weighted by Gasteiger charge is -2.07. The first-order chi connectivity index (χ1) is 7.00. The molecule has 1 heterocycles. The van der Waals surface area contributed by atoms with Crippen LogP contribution in [0.3, 0.4) is 0 Å². The molecule has 7 heteroatoms. The van der Waals surface area contributed by atoms with Gasteiger partial charge in [0.25, 0.3) is 5.56 Å². The Bertz CT molecular complexity index is 421. The van der Waals surface area contributed by atoms with Crippen LogP contribution in [0.15, 0.2) is 16.1 Å². The zero-order valence-electron chi connectivity index (χ0n) is 7.86. The van der Waals surface area contributed by atoms with E-state index in [1.165, 1.54) is 18.1 Å². The number of nitrogens with one attached hydrogen (secondary N) is 1. The van der Waals surface area contributed by atoms with E-state index in [9.17, 15) is 9.59 Å². The summed E-state index contributed by atoms with van der Waals surface area (Å²) in [7, 11) is 0. The molecule has 1 unspecified atom stereocenters. The lowest BCUT2D eigenvalue weighted by atomic mass is 10.3. The van der Waals surface area contributed by atoms with Gasteiger partial charge in [-0.15, -0.1) is 11.8 Å². The number of aromatic amines is 1. The van der Waals surface area contributed by atoms with E-state index < -0.39 is 5.97 Å². The van der Waals surface area contributed by atoms with Crippen molar-refractivity contribution in [1.82, 2.24) is 9.97 Å². The SMILES string of the molecule is CC(CC(=O)O)Sc1nc[nH]c(=O)c1I. The van der Waals surface area contributed by atoms with Gasteiger partial charge in [0.05, 0.1) is 12.7 Å². The number of aliphatic carboxylic acids is 1. The highest BCUT2D eigenvalue weighted by atomic mass is 127. The Morgan fingerprint density at radius 2 is 2.47 bits per heavy atom. The molecule has 0 spiro atoms. The molecule has 1 aromatic rings. The third-order valence-electron chi connectivity index (χ3n) is 1.54. The smallest absolute Gasteiger partial charge is 0.304 e. The van der Waals surface area contributed by atoms with Crippen LogP contribution in [-0.4, -0.2) is 26.3 Å². The number of hydrogen-bond acceptors (Lipinski definition) is 4. The monoisotopic (exact) mass is 340 g/mol. The Kier molecular flexibility index (Phi) is 4.58. The van der Waals surface area contributed by atoms with Crippen molar-refractivity contribution < 1.29 is 9.90 Å². The Balaban J connectivity index is 2.76. The summed E-state index contributed by atoms with van der Waals surface area (Å²) in [6, 6.07) is 0. The highest BCUT2D eigenvalue weighted by molar-refractivity contribution is 14.1. The predicted octanol–water partition coefficient (Wildman–Crippen LogP) is 1.33. The zero-order chi connectivity index (χ0) is 11.4. The average molecular weight is 340 g/mol. The topological polar surface area (TPSA) is 83.0 Å². The van der Waals surface area contributed by atoms with Crippen molar-refractivity contribution in [1.29, 1.82) is 0 Å². The maximum Gasteiger partial charge on any atom is 0.304 e. The molecule has 82 valence electrons. The van der Waals surface area contributed by atoms with Gasteiger partial charge in [-0.1, -0.05) is 6.92 Å². The highest BCUT2D eigenvalue weighted by Crippen LogP contribution is 2.25. The molecule has 1 aromatic heterocycles. The Hall–Kier alpha value is -0.570. The van der Waals surface area contributed by atoms with Crippen molar-refractivity contribution in [2.45, 2.75) is 23.6 Å². The molecular weight excluding hydrogens is 331 g/mol. The molecule has 15 heavy (non-hydrogen) atoms. The van der Waals surface area contributed by atoms with E-state index in [1.807, 2.05) is 22.6 Å². The summed E-state index contributed by atoms with van der Waals surface area (Å²) in [5.41, 5.74) is -0.198. The number of nitrogens with zero attached hydrogens (tertiary/aromatic N) is 1. The van der Waals surface area contributed by atoms with Crippen molar-refractivity contribution in [2.24, 2.45) is 0 Å². The molecule has 0 bridgehead atoms. The van der Waals surface area contributed by atoms with Crippen molar-refractivity contribution in [3.63, 3.8) is 0 Å². The van der Waals surface area contributed by atoms with Crippen LogP contribution >= 0.6 is 34.4 Å². The number of carboxylic acid groups (broad SMARTS) is 1. The van der Waals surface area contributed by atoms with Crippen molar-refractivity contribution in [3.05, 3.63) is 20.3 Å². The van der Waals surface area contributed by atoms with Gasteiger partial charge in [0.1, 0.15) is 8.60 Å². The molecular formula is C8H9IN2O3S. The normalized spacial score (nSPS) is 12.4. The molecule has 2 N–H and O–H groups in total. The summed E-state index contributed by atoms with van der Waals surface area (Å²) in [5.74, 6) is -0.852. The molecule has 0 radical (unpaired) electrons. The van der Waals surface area contributed by atoms with E-state index >= 15 is 0 Å². The van der Waals surface area contributed by atoms with Gasteiger partial charge in [0, 0.05) is 5.25 Å². The van der Waals surface area contributed by atoms with Crippen LogP contribution in [0.1, 0.15) is 13.3 Å². The number of carbonyl (C=O) groups is 1. The fourth-order valence-electron chi connectivity index (χ4n) is 0.927. The molecule has 0 aromatic carbocycles. The Morgan fingerprint density at radius 3 is 3.07 bits per heavy atom. The molecule has 1 atom stereocenters. The van der Waals surface area contributed by atoms with E-state index in [-0.39, 0.29) is 17.2 Å². The summed E-state index contributed by atoms with van der Waals surface area (Å²) < 4.78 is 0.498. The fraction of sp³-hybridized carbons (Fsp3) is 0.375. The molecule has 0 fully saturated rings. The molecule has 0 saturated heterocycles. The van der Waals surface area contributed by atoms with Gasteiger partial charge in [-0.2, -0.15) is 0 Å². The van der Waals surface area contributed by atoms with Crippen LogP contribution in [0, 0.1) is 3.57 Å². The summed E-state index contributed by atoms with van der Waals surface area (Å²) in [6.45, 7) is 1.79. The molecule has 0 saturated carbocycles. The van der Waals surface area contributed by atoms with Crippen LogP contribution < -0.4 is 5.56 Å². The number of thioether (sulfide) groups is 1. The zero-order valence-corrected chi connectivity index (χ0v) is 10.8. The van der Waals surface area contributed by atoms with E-state index in [4.69, 9.17) is 5.11 Å². The number of hydrogen-bond donors (Lipinski definition) is 2. The third-order valence-corrected chi connectivity index (χ3v) is 4.01. The van der Waals surface area contributed by atoms with E-state index in [1.54, 1.807) is 6.92 Å². The minimum absolute atomic E-state index is 0.0508. The molecule has 0 amide bonds. The molecule has 5 nitrogen and oxygen atoms in total. The van der Waals surface area contributed by atoms with Gasteiger partial charge in [-0.05, 0) is 22.6 Å². The quantitative estimate of drug-likeness (QED) is 0.491. The second-order valence-corrected chi connectivity index (χ2v) is 5.38. The van der Waals surface area contributed by atoms with Gasteiger partial charge >= 0.3 is 5.97 Å². The first-order valence-corrected chi connectivity index (χ1v) is 6.08. The first kappa shape index (κ1) is 12.5. The number of aromatic nitrogens is 2. The van der Waals surface area contributed by atoms with Crippen LogP contribution in [0.4, 0.5) is 0 Å². The minimum Gasteiger partial charge on any atom is -0.481 e. The number of rotatable bonds is 4. The number of halogens is 1. The Morgan fingerprint density at radius 1 is 1.80 bits per heavy atom. The highest BCUT2D eigenvalue weighted by Gasteiger charge is 2.13. The van der Waals surface area contributed by atoms with Crippen LogP contribution in [0.25, 0.3) is 0 Å². The maximum atomic E-state index is 11.2. The molecule has 1 rings (SSSR count). The number of carboxylic acids is 1. The average Bonchev–Trinajstić information content (AvgIpc) is 2.11. The molecule has 0 aliphatic heterocycles. The van der Waals surface area contributed by atoms with Crippen molar-refractivity contribution in [2.75, 3.05) is 0 Å². The van der Waals surface area contributed by atoms with Crippen LogP contribution in [0.5, 0.6) is 0 Å². The standard InChI is InChI=1S/C8H9IN2O3S/c1-4(2-5(12)13)15-8-6(9)7(14)10-3-11-8/h3-4H,2H2,1H3,(H,12,13)(H,10,11,14). The summed E-state index contributed by atoms with van der Waals surface area (Å²) in [5, 5.41) is 9.05. The fourth-order valence-corrected chi connectivity index (χ4v) is 2.52. The van der Waals surface area contributed by atoms with E-state index in [0.29, 0.717) is 8.60 Å². The lowest BCUT2D eigenvalue weighted by Crippen LogP contribution is -2.13. The third kappa shape index (κ3) is 3.82.